The molecule has 2 fully saturated rings. The first kappa shape index (κ1) is 15.0. The Morgan fingerprint density at radius 1 is 1.27 bits per heavy atom. The van der Waals surface area contributed by atoms with Gasteiger partial charge in [0.1, 0.15) is 11.3 Å². The Hall–Kier alpha value is -1.93. The van der Waals surface area contributed by atoms with Crippen LogP contribution in [0.4, 0.5) is 13.2 Å². The van der Waals surface area contributed by atoms with E-state index in [2.05, 4.69) is 20.0 Å². The van der Waals surface area contributed by atoms with Crippen LogP contribution < -0.4 is 5.32 Å². The zero-order valence-corrected chi connectivity index (χ0v) is 11.6. The Labute approximate surface area is 123 Å². The van der Waals surface area contributed by atoms with Crippen LogP contribution in [0, 0.1) is 5.92 Å². The van der Waals surface area contributed by atoms with Crippen LogP contribution in [0.2, 0.25) is 0 Å². The summed E-state index contributed by atoms with van der Waals surface area (Å²) in [5.74, 6) is -2.28. The van der Waals surface area contributed by atoms with Gasteiger partial charge in [-0.3, -0.25) is 9.59 Å². The van der Waals surface area contributed by atoms with Crippen molar-refractivity contribution in [2.45, 2.75) is 50.2 Å². The number of alkyl halides is 3. The molecule has 0 bridgehead atoms. The molecule has 1 amide bonds. The summed E-state index contributed by atoms with van der Waals surface area (Å²) in [6.45, 7) is 0. The van der Waals surface area contributed by atoms with Crippen molar-refractivity contribution < 1.29 is 27.3 Å². The van der Waals surface area contributed by atoms with Crippen LogP contribution >= 0.6 is 0 Å². The molecule has 6 nitrogen and oxygen atoms in total. The van der Waals surface area contributed by atoms with Crippen molar-refractivity contribution >= 4 is 11.7 Å². The normalized spacial score (nSPS) is 21.7. The highest BCUT2D eigenvalue weighted by atomic mass is 19.4. The highest BCUT2D eigenvalue weighted by Gasteiger charge is 2.46. The molecule has 1 N–H and O–H groups in total. The first-order valence-corrected chi connectivity index (χ1v) is 7.05. The van der Waals surface area contributed by atoms with Gasteiger partial charge in [-0.15, -0.1) is 0 Å². The predicted octanol–water partition coefficient (Wildman–Crippen LogP) is 1.95. The Morgan fingerprint density at radius 2 is 1.91 bits per heavy atom. The lowest BCUT2D eigenvalue weighted by Gasteiger charge is -2.31. The van der Waals surface area contributed by atoms with Crippen molar-refractivity contribution in [3.8, 4) is 0 Å². The number of hydrogen-bond acceptors (Lipinski definition) is 5. The largest absolute Gasteiger partial charge is 0.471 e. The molecular weight excluding hydrogens is 303 g/mol. The summed E-state index contributed by atoms with van der Waals surface area (Å²) in [5.41, 5.74) is -1.03. The minimum absolute atomic E-state index is 0.0135. The SMILES string of the molecule is O=C1CC(C(=O)NC2(c3noc(C(F)(F)F)n3)CCCC2)C1. The molecule has 22 heavy (non-hydrogen) atoms. The summed E-state index contributed by atoms with van der Waals surface area (Å²) in [6.07, 6.45) is -1.94. The summed E-state index contributed by atoms with van der Waals surface area (Å²) in [4.78, 5) is 26.5. The molecule has 2 aliphatic rings. The number of aromatic nitrogens is 2. The minimum Gasteiger partial charge on any atom is -0.343 e. The standard InChI is InChI=1S/C13H14F3N3O3/c14-13(15,16)11-17-10(19-22-11)12(3-1-2-4-12)18-9(21)7-5-8(20)6-7/h7H,1-6H2,(H,18,21). The highest BCUT2D eigenvalue weighted by Crippen LogP contribution is 2.39. The van der Waals surface area contributed by atoms with Crippen LogP contribution in [-0.2, 0) is 21.3 Å². The van der Waals surface area contributed by atoms with Gasteiger partial charge in [0.15, 0.2) is 5.82 Å². The fraction of sp³-hybridized carbons (Fsp3) is 0.692. The van der Waals surface area contributed by atoms with Gasteiger partial charge >= 0.3 is 12.1 Å². The second-order valence-electron chi connectivity index (χ2n) is 5.84. The van der Waals surface area contributed by atoms with Crippen molar-refractivity contribution in [3.63, 3.8) is 0 Å². The first-order valence-electron chi connectivity index (χ1n) is 7.05. The molecule has 2 saturated carbocycles. The Balaban J connectivity index is 1.81. The fourth-order valence-electron chi connectivity index (χ4n) is 2.93. The van der Waals surface area contributed by atoms with E-state index in [1.807, 2.05) is 0 Å². The van der Waals surface area contributed by atoms with Gasteiger partial charge in [-0.1, -0.05) is 18.0 Å². The van der Waals surface area contributed by atoms with Gasteiger partial charge in [-0.25, -0.2) is 0 Å². The average Bonchev–Trinajstić information content (AvgIpc) is 3.02. The number of carbonyl (C=O) groups excluding carboxylic acids is 2. The first-order chi connectivity index (χ1) is 10.3. The molecule has 9 heteroatoms. The molecule has 1 aromatic rings. The lowest BCUT2D eigenvalue weighted by molar-refractivity contribution is -0.159. The zero-order valence-electron chi connectivity index (χ0n) is 11.6. The van der Waals surface area contributed by atoms with Crippen molar-refractivity contribution in [1.29, 1.82) is 0 Å². The van der Waals surface area contributed by atoms with Gasteiger partial charge < -0.3 is 9.84 Å². The second kappa shape index (κ2) is 5.06. The third-order valence-electron chi connectivity index (χ3n) is 4.24. The van der Waals surface area contributed by atoms with Gasteiger partial charge in [0.2, 0.25) is 5.91 Å². The highest BCUT2D eigenvalue weighted by molar-refractivity contribution is 5.96. The van der Waals surface area contributed by atoms with E-state index in [9.17, 15) is 22.8 Å². The third kappa shape index (κ3) is 2.59. The number of nitrogens with one attached hydrogen (secondary N) is 1. The average molecular weight is 317 g/mol. The van der Waals surface area contributed by atoms with Crippen molar-refractivity contribution in [2.24, 2.45) is 5.92 Å². The van der Waals surface area contributed by atoms with E-state index in [-0.39, 0.29) is 30.4 Å². The van der Waals surface area contributed by atoms with E-state index in [1.54, 1.807) is 0 Å². The van der Waals surface area contributed by atoms with Crippen molar-refractivity contribution in [3.05, 3.63) is 11.7 Å². The quantitative estimate of drug-likeness (QED) is 0.921. The zero-order chi connectivity index (χ0) is 16.0. The van der Waals surface area contributed by atoms with E-state index in [1.165, 1.54) is 0 Å². The lowest BCUT2D eigenvalue weighted by atomic mass is 9.82. The number of ketones is 1. The van der Waals surface area contributed by atoms with Crippen LogP contribution in [0.25, 0.3) is 0 Å². The van der Waals surface area contributed by atoms with E-state index < -0.39 is 23.5 Å². The third-order valence-corrected chi connectivity index (χ3v) is 4.24. The van der Waals surface area contributed by atoms with Crippen LogP contribution in [0.3, 0.4) is 0 Å². The van der Waals surface area contributed by atoms with Crippen molar-refractivity contribution in [1.82, 2.24) is 15.5 Å². The topological polar surface area (TPSA) is 85.1 Å². The molecule has 0 spiro atoms. The van der Waals surface area contributed by atoms with Gasteiger partial charge in [-0.05, 0) is 12.8 Å². The molecule has 120 valence electrons. The number of nitrogens with zero attached hydrogens (tertiary/aromatic N) is 2. The predicted molar refractivity (Wildman–Crippen MR) is 65.3 cm³/mol. The number of halogens is 3. The van der Waals surface area contributed by atoms with Gasteiger partial charge in [-0.2, -0.15) is 18.2 Å². The lowest BCUT2D eigenvalue weighted by Crippen LogP contribution is -2.49. The molecule has 1 heterocycles. The monoisotopic (exact) mass is 317 g/mol. The summed E-state index contributed by atoms with van der Waals surface area (Å²) >= 11 is 0. The van der Waals surface area contributed by atoms with Crippen LogP contribution in [-0.4, -0.2) is 21.8 Å². The summed E-state index contributed by atoms with van der Waals surface area (Å²) in [6, 6.07) is 0. The molecule has 1 aromatic heterocycles. The molecule has 2 aliphatic carbocycles. The van der Waals surface area contributed by atoms with Gasteiger partial charge in [0.05, 0.1) is 5.92 Å². The number of carbonyl (C=O) groups is 2. The minimum atomic E-state index is -4.71. The molecule has 0 aromatic carbocycles. The Bertz CT molecular complexity index is 597. The van der Waals surface area contributed by atoms with Crippen molar-refractivity contribution in [2.75, 3.05) is 0 Å². The van der Waals surface area contributed by atoms with Gasteiger partial charge in [0, 0.05) is 12.8 Å². The van der Waals surface area contributed by atoms with E-state index in [0.717, 1.165) is 12.8 Å². The maximum atomic E-state index is 12.6. The number of rotatable bonds is 3. The molecule has 0 atom stereocenters. The van der Waals surface area contributed by atoms with Crippen LogP contribution in [0.5, 0.6) is 0 Å². The van der Waals surface area contributed by atoms with Crippen LogP contribution in [0.15, 0.2) is 4.52 Å². The summed E-state index contributed by atoms with van der Waals surface area (Å²) in [7, 11) is 0. The Morgan fingerprint density at radius 3 is 2.41 bits per heavy atom. The summed E-state index contributed by atoms with van der Waals surface area (Å²) < 4.78 is 42.0. The maximum Gasteiger partial charge on any atom is 0.471 e. The van der Waals surface area contributed by atoms with E-state index >= 15 is 0 Å². The summed E-state index contributed by atoms with van der Waals surface area (Å²) in [5, 5.41) is 6.17. The van der Waals surface area contributed by atoms with Crippen LogP contribution in [0.1, 0.15) is 50.2 Å². The molecular formula is C13H14F3N3O3. The molecule has 0 saturated heterocycles. The molecule has 0 aliphatic heterocycles. The number of Topliss-reactive ketones (excluding diaryl/α,β-unsaturated/α-hetero) is 1. The Kier molecular flexibility index (Phi) is 3.45. The van der Waals surface area contributed by atoms with E-state index in [0.29, 0.717) is 12.8 Å². The molecule has 0 radical (unpaired) electrons. The number of amides is 1. The maximum absolute atomic E-state index is 12.6. The fourth-order valence-corrected chi connectivity index (χ4v) is 2.93. The number of hydrogen-bond donors (Lipinski definition) is 1. The smallest absolute Gasteiger partial charge is 0.343 e. The van der Waals surface area contributed by atoms with E-state index in [4.69, 9.17) is 0 Å². The molecule has 0 unspecified atom stereocenters. The molecule has 3 rings (SSSR count). The van der Waals surface area contributed by atoms with Gasteiger partial charge in [0.25, 0.3) is 0 Å². The second-order valence-corrected chi connectivity index (χ2v) is 5.84.